The fraction of sp³-hybridized carbons (Fsp3) is 0. The van der Waals surface area contributed by atoms with Gasteiger partial charge in [0.1, 0.15) is 11.2 Å². The third kappa shape index (κ3) is 5.30. The molecule has 10 aromatic rings. The molecule has 0 radical (unpaired) electrons. The average Bonchev–Trinajstić information content (AvgIpc) is 3.61. The zero-order valence-corrected chi connectivity index (χ0v) is 28.4. The van der Waals surface area contributed by atoms with Crippen molar-refractivity contribution in [2.24, 2.45) is 0 Å². The van der Waals surface area contributed by atoms with Crippen molar-refractivity contribution in [2.45, 2.75) is 0 Å². The lowest BCUT2D eigenvalue weighted by molar-refractivity contribution is 1.23. The minimum atomic E-state index is 0.875. The largest absolute Gasteiger partial charge is 0.311 e. The van der Waals surface area contributed by atoms with Crippen LogP contribution in [0.5, 0.6) is 0 Å². The normalized spacial score (nSPS) is 11.5. The molecule has 6 heterocycles. The van der Waals surface area contributed by atoms with Crippen molar-refractivity contribution in [3.05, 3.63) is 165 Å². The van der Waals surface area contributed by atoms with Gasteiger partial charge in [0.25, 0.3) is 0 Å². The standard InChI is InChI=1S/C44H27N7S/c1-2-8-41-36(5-1)42-43(49-27-50-44(42)52-41)30-13-19-35(20-14-30)51(33-15-9-28(10-16-33)31-23-39-37(47-25-31)6-3-21-45-39)34-17-11-29(12-18-34)32-24-40-38(48-26-32)7-4-22-46-40/h1-27H. The van der Waals surface area contributed by atoms with Crippen LogP contribution in [0.2, 0.25) is 0 Å². The van der Waals surface area contributed by atoms with Gasteiger partial charge >= 0.3 is 0 Å². The van der Waals surface area contributed by atoms with Crippen molar-refractivity contribution in [3.63, 3.8) is 0 Å². The van der Waals surface area contributed by atoms with Crippen molar-refractivity contribution in [1.82, 2.24) is 29.9 Å². The monoisotopic (exact) mass is 685 g/mol. The topological polar surface area (TPSA) is 80.6 Å². The lowest BCUT2D eigenvalue weighted by atomic mass is 10.0. The van der Waals surface area contributed by atoms with E-state index in [1.807, 2.05) is 36.7 Å². The Morgan fingerprint density at radius 3 is 1.54 bits per heavy atom. The van der Waals surface area contributed by atoms with Gasteiger partial charge in [0.05, 0.1) is 27.8 Å². The highest BCUT2D eigenvalue weighted by atomic mass is 32.1. The molecule has 0 unspecified atom stereocenters. The number of nitrogens with zero attached hydrogens (tertiary/aromatic N) is 7. The summed E-state index contributed by atoms with van der Waals surface area (Å²) in [5.74, 6) is 0. The summed E-state index contributed by atoms with van der Waals surface area (Å²) in [5.41, 5.74) is 12.8. The SMILES string of the molecule is c1cnc2cc(-c3ccc(N(c4ccc(-c5cnc6cccnc6c5)cc4)c4ccc(-c5ncnc6sc7ccccc7c56)cc4)cc3)cnc2c1. The van der Waals surface area contributed by atoms with Gasteiger partial charge in [0.2, 0.25) is 0 Å². The van der Waals surface area contributed by atoms with Gasteiger partial charge in [-0.3, -0.25) is 19.9 Å². The predicted octanol–water partition coefficient (Wildman–Crippen LogP) is 11.2. The van der Waals surface area contributed by atoms with Crippen LogP contribution in [0, 0.1) is 0 Å². The molecule has 6 aromatic heterocycles. The van der Waals surface area contributed by atoms with Crippen LogP contribution in [-0.4, -0.2) is 29.9 Å². The Morgan fingerprint density at radius 2 is 0.962 bits per heavy atom. The van der Waals surface area contributed by atoms with Crippen LogP contribution >= 0.6 is 11.3 Å². The zero-order chi connectivity index (χ0) is 34.4. The van der Waals surface area contributed by atoms with Crippen molar-refractivity contribution < 1.29 is 0 Å². The Labute approximate surface area is 302 Å². The summed E-state index contributed by atoms with van der Waals surface area (Å²) in [7, 11) is 0. The van der Waals surface area contributed by atoms with E-state index in [0.29, 0.717) is 0 Å². The fourth-order valence-electron chi connectivity index (χ4n) is 6.82. The Hall–Kier alpha value is -6.90. The van der Waals surface area contributed by atoms with E-state index in [9.17, 15) is 0 Å². The number of aromatic nitrogens is 6. The molecule has 0 bridgehead atoms. The maximum Gasteiger partial charge on any atom is 0.128 e. The first-order valence-corrected chi connectivity index (χ1v) is 17.7. The van der Waals surface area contributed by atoms with Crippen molar-refractivity contribution in [3.8, 4) is 33.5 Å². The van der Waals surface area contributed by atoms with Gasteiger partial charge in [-0.1, -0.05) is 54.6 Å². The zero-order valence-electron chi connectivity index (χ0n) is 27.6. The summed E-state index contributed by atoms with van der Waals surface area (Å²) < 4.78 is 1.21. The highest BCUT2D eigenvalue weighted by Gasteiger charge is 2.17. The van der Waals surface area contributed by atoms with E-state index in [2.05, 4.69) is 139 Å². The molecule has 0 saturated heterocycles. The van der Waals surface area contributed by atoms with Crippen LogP contribution in [0.1, 0.15) is 0 Å². The fourth-order valence-corrected chi connectivity index (χ4v) is 7.86. The molecule has 0 spiro atoms. The number of benzene rings is 4. The van der Waals surface area contributed by atoms with E-state index in [-0.39, 0.29) is 0 Å². The molecule has 244 valence electrons. The highest BCUT2D eigenvalue weighted by Crippen LogP contribution is 2.40. The van der Waals surface area contributed by atoms with E-state index >= 15 is 0 Å². The maximum absolute atomic E-state index is 4.77. The third-order valence-corrected chi connectivity index (χ3v) is 10.5. The van der Waals surface area contributed by atoms with Crippen molar-refractivity contribution in [2.75, 3.05) is 4.90 Å². The lowest BCUT2D eigenvalue weighted by Crippen LogP contribution is -2.09. The van der Waals surface area contributed by atoms with E-state index in [1.165, 1.54) is 10.1 Å². The van der Waals surface area contributed by atoms with Crippen LogP contribution in [0.4, 0.5) is 17.1 Å². The highest BCUT2D eigenvalue weighted by molar-refractivity contribution is 7.25. The predicted molar refractivity (Wildman–Crippen MR) is 212 cm³/mol. The first kappa shape index (κ1) is 30.0. The van der Waals surface area contributed by atoms with Crippen LogP contribution in [0.15, 0.2) is 165 Å². The molecule has 0 fully saturated rings. The molecule has 7 nitrogen and oxygen atoms in total. The molecule has 8 heteroatoms. The van der Waals surface area contributed by atoms with E-state index < -0.39 is 0 Å². The Kier molecular flexibility index (Phi) is 7.18. The quantitative estimate of drug-likeness (QED) is 0.172. The Bertz CT molecular complexity index is 2780. The van der Waals surface area contributed by atoms with E-state index in [0.717, 1.165) is 82.9 Å². The minimum Gasteiger partial charge on any atom is -0.311 e. The van der Waals surface area contributed by atoms with Gasteiger partial charge in [0, 0.05) is 74.0 Å². The van der Waals surface area contributed by atoms with Crippen molar-refractivity contribution >= 4 is 70.8 Å². The van der Waals surface area contributed by atoms with E-state index in [4.69, 9.17) is 4.98 Å². The van der Waals surface area contributed by atoms with Crippen LogP contribution in [0.25, 0.3) is 75.9 Å². The van der Waals surface area contributed by atoms with Gasteiger partial charge in [0.15, 0.2) is 0 Å². The molecule has 0 atom stereocenters. The number of fused-ring (bicyclic) bond motifs is 5. The van der Waals surface area contributed by atoms with Gasteiger partial charge in [-0.05, 0) is 90.0 Å². The van der Waals surface area contributed by atoms with Gasteiger partial charge in [-0.25, -0.2) is 9.97 Å². The second-order valence-electron chi connectivity index (χ2n) is 12.5. The molecule has 0 saturated carbocycles. The summed E-state index contributed by atoms with van der Waals surface area (Å²) in [6.45, 7) is 0. The minimum absolute atomic E-state index is 0.875. The molecule has 0 aliphatic carbocycles. The average molecular weight is 686 g/mol. The molecule has 0 N–H and O–H groups in total. The molecule has 52 heavy (non-hydrogen) atoms. The number of thiophene rings is 1. The molecule has 0 aliphatic heterocycles. The Balaban J connectivity index is 1.04. The van der Waals surface area contributed by atoms with Gasteiger partial charge in [-0.2, -0.15) is 0 Å². The number of hydrogen-bond acceptors (Lipinski definition) is 8. The number of hydrogen-bond donors (Lipinski definition) is 0. The summed E-state index contributed by atoms with van der Waals surface area (Å²) in [5, 5.41) is 2.27. The van der Waals surface area contributed by atoms with Gasteiger partial charge in [-0.15, -0.1) is 11.3 Å². The molecule has 4 aromatic carbocycles. The molecular weight excluding hydrogens is 659 g/mol. The first-order chi connectivity index (χ1) is 25.7. The number of anilines is 3. The number of rotatable bonds is 6. The van der Waals surface area contributed by atoms with E-state index in [1.54, 1.807) is 30.1 Å². The summed E-state index contributed by atoms with van der Waals surface area (Å²) in [4.78, 5) is 30.9. The smallest absolute Gasteiger partial charge is 0.128 e. The molecule has 10 rings (SSSR count). The van der Waals surface area contributed by atoms with Gasteiger partial charge < -0.3 is 4.90 Å². The molecular formula is C44H27N7S. The maximum atomic E-state index is 4.77. The third-order valence-electron chi connectivity index (χ3n) is 9.39. The summed E-state index contributed by atoms with van der Waals surface area (Å²) >= 11 is 1.70. The molecule has 0 amide bonds. The van der Waals surface area contributed by atoms with Crippen LogP contribution in [0.3, 0.4) is 0 Å². The Morgan fingerprint density at radius 1 is 0.423 bits per heavy atom. The second kappa shape index (κ2) is 12.5. The second-order valence-corrected chi connectivity index (χ2v) is 13.5. The summed E-state index contributed by atoms with van der Waals surface area (Å²) in [6.07, 6.45) is 9.08. The van der Waals surface area contributed by atoms with Crippen molar-refractivity contribution in [1.29, 1.82) is 0 Å². The lowest BCUT2D eigenvalue weighted by Gasteiger charge is -2.26. The number of pyridine rings is 4. The van der Waals surface area contributed by atoms with Crippen LogP contribution in [-0.2, 0) is 0 Å². The molecule has 0 aliphatic rings. The summed E-state index contributed by atoms with van der Waals surface area (Å²) in [6, 6.07) is 46.2. The first-order valence-electron chi connectivity index (χ1n) is 16.9. The van der Waals surface area contributed by atoms with Crippen LogP contribution < -0.4 is 4.90 Å².